The van der Waals surface area contributed by atoms with Gasteiger partial charge in [0.1, 0.15) is 0 Å². The minimum Gasteiger partial charge on any atom is -0.493 e. The van der Waals surface area contributed by atoms with Crippen LogP contribution in [0.1, 0.15) is 45.1 Å². The molecule has 0 atom stereocenters. The number of nitrogens with zero attached hydrogens (tertiary/aromatic N) is 2. The number of unbranched alkanes of at least 4 members (excludes halogenated alkanes) is 3. The van der Waals surface area contributed by atoms with Crippen LogP contribution in [0.5, 0.6) is 11.5 Å². The number of aryl methyl sites for hydroxylation is 1. The molecule has 2 aromatic rings. The number of pyridine rings is 1. The molecule has 1 N–H and O–H groups in total. The molecule has 5 nitrogen and oxygen atoms in total. The van der Waals surface area contributed by atoms with E-state index in [0.717, 1.165) is 59.7 Å². The van der Waals surface area contributed by atoms with Crippen molar-refractivity contribution in [2.75, 3.05) is 45.7 Å². The summed E-state index contributed by atoms with van der Waals surface area (Å²) < 4.78 is 11.1. The van der Waals surface area contributed by atoms with Crippen molar-refractivity contribution in [2.45, 2.75) is 46.5 Å². The summed E-state index contributed by atoms with van der Waals surface area (Å²) in [6.07, 6.45) is 6.80. The summed E-state index contributed by atoms with van der Waals surface area (Å²) in [6, 6.07) is 4.00. The van der Waals surface area contributed by atoms with Gasteiger partial charge in [0.25, 0.3) is 0 Å². The van der Waals surface area contributed by atoms with Gasteiger partial charge in [-0.1, -0.05) is 26.7 Å². The van der Waals surface area contributed by atoms with Crippen molar-refractivity contribution in [3.63, 3.8) is 0 Å². The van der Waals surface area contributed by atoms with E-state index in [-0.39, 0.29) is 12.4 Å². The highest BCUT2D eigenvalue weighted by molar-refractivity contribution is 5.99. The van der Waals surface area contributed by atoms with Crippen LogP contribution in [-0.2, 0) is 0 Å². The molecular weight excluding hydrogens is 374 g/mol. The molecule has 0 fully saturated rings. The van der Waals surface area contributed by atoms with E-state index in [2.05, 4.69) is 36.0 Å². The molecule has 0 saturated carbocycles. The third kappa shape index (κ3) is 6.14. The minimum atomic E-state index is 0. The number of hydrogen-bond donors (Lipinski definition) is 1. The Labute approximate surface area is 176 Å². The molecule has 0 amide bonds. The Bertz CT molecular complexity index is 720. The summed E-state index contributed by atoms with van der Waals surface area (Å²) >= 11 is 0. The quantitative estimate of drug-likeness (QED) is 0.482. The molecule has 0 radical (unpaired) electrons. The normalized spacial score (nSPS) is 10.8. The standard InChI is InChI=1S/C22H35N3O2.ClH/c1-6-25(7-2)15-11-9-8-10-13-23-18-16-19(26-4)22(27-5)20-17(3)12-14-24-21(18)20;/h12,14,16,23H,6-11,13,15H2,1-5H3;1H. The Balaban J connectivity index is 0.00000392. The molecule has 0 saturated heterocycles. The van der Waals surface area contributed by atoms with E-state index in [0.29, 0.717) is 0 Å². The van der Waals surface area contributed by atoms with Crippen LogP contribution in [0.2, 0.25) is 0 Å². The lowest BCUT2D eigenvalue weighted by atomic mass is 10.1. The number of nitrogens with one attached hydrogen (secondary N) is 1. The predicted molar refractivity (Wildman–Crippen MR) is 122 cm³/mol. The number of anilines is 1. The highest BCUT2D eigenvalue weighted by atomic mass is 35.5. The van der Waals surface area contributed by atoms with Crippen LogP contribution in [0.15, 0.2) is 18.3 Å². The SMILES string of the molecule is CCN(CC)CCCCCCNc1cc(OC)c(OC)c2c(C)ccnc12.Cl. The van der Waals surface area contributed by atoms with Crippen molar-refractivity contribution in [1.82, 2.24) is 9.88 Å². The van der Waals surface area contributed by atoms with Gasteiger partial charge in [-0.3, -0.25) is 4.98 Å². The maximum atomic E-state index is 5.60. The van der Waals surface area contributed by atoms with Crippen molar-refractivity contribution in [2.24, 2.45) is 0 Å². The average molecular weight is 410 g/mol. The zero-order valence-electron chi connectivity index (χ0n) is 18.0. The van der Waals surface area contributed by atoms with E-state index in [1.54, 1.807) is 14.2 Å². The van der Waals surface area contributed by atoms with Crippen molar-refractivity contribution < 1.29 is 9.47 Å². The van der Waals surface area contributed by atoms with E-state index < -0.39 is 0 Å². The number of hydrogen-bond acceptors (Lipinski definition) is 5. The van der Waals surface area contributed by atoms with Crippen molar-refractivity contribution in [3.05, 3.63) is 23.9 Å². The summed E-state index contributed by atoms with van der Waals surface area (Å²) in [4.78, 5) is 7.08. The van der Waals surface area contributed by atoms with Gasteiger partial charge in [0, 0.05) is 18.8 Å². The van der Waals surface area contributed by atoms with Gasteiger partial charge in [0.05, 0.1) is 30.8 Å². The fourth-order valence-electron chi connectivity index (χ4n) is 3.50. The first-order valence-corrected chi connectivity index (χ1v) is 10.1. The summed E-state index contributed by atoms with van der Waals surface area (Å²) in [5.41, 5.74) is 3.08. The molecule has 2 rings (SSSR count). The topological polar surface area (TPSA) is 46.6 Å². The second-order valence-corrected chi connectivity index (χ2v) is 6.88. The van der Waals surface area contributed by atoms with Gasteiger partial charge in [-0.25, -0.2) is 0 Å². The minimum absolute atomic E-state index is 0. The van der Waals surface area contributed by atoms with Gasteiger partial charge in [-0.2, -0.15) is 0 Å². The maximum absolute atomic E-state index is 5.60. The van der Waals surface area contributed by atoms with Gasteiger partial charge in [0.2, 0.25) is 0 Å². The maximum Gasteiger partial charge on any atom is 0.170 e. The first-order valence-electron chi connectivity index (χ1n) is 10.1. The Hall–Kier alpha value is -1.72. The van der Waals surface area contributed by atoms with E-state index in [1.807, 2.05) is 18.3 Å². The fraction of sp³-hybridized carbons (Fsp3) is 0.591. The molecule has 1 aromatic heterocycles. The lowest BCUT2D eigenvalue weighted by molar-refractivity contribution is 0.295. The molecule has 1 heterocycles. The molecule has 0 spiro atoms. The monoisotopic (exact) mass is 409 g/mol. The molecule has 28 heavy (non-hydrogen) atoms. The van der Waals surface area contributed by atoms with Crippen LogP contribution in [-0.4, -0.2) is 50.3 Å². The highest BCUT2D eigenvalue weighted by Crippen LogP contribution is 2.40. The average Bonchev–Trinajstić information content (AvgIpc) is 2.69. The van der Waals surface area contributed by atoms with E-state index in [4.69, 9.17) is 9.47 Å². The van der Waals surface area contributed by atoms with E-state index >= 15 is 0 Å². The highest BCUT2D eigenvalue weighted by Gasteiger charge is 2.16. The lowest BCUT2D eigenvalue weighted by Gasteiger charge is -2.18. The summed E-state index contributed by atoms with van der Waals surface area (Å²) in [6.45, 7) is 11.0. The van der Waals surface area contributed by atoms with Crippen molar-refractivity contribution in [3.8, 4) is 11.5 Å². The molecule has 0 aliphatic heterocycles. The molecule has 6 heteroatoms. The number of methoxy groups -OCH3 is 2. The first kappa shape index (κ1) is 24.3. The van der Waals surface area contributed by atoms with E-state index in [9.17, 15) is 0 Å². The fourth-order valence-corrected chi connectivity index (χ4v) is 3.50. The molecule has 1 aromatic carbocycles. The van der Waals surface area contributed by atoms with E-state index in [1.165, 1.54) is 25.8 Å². The lowest BCUT2D eigenvalue weighted by Crippen LogP contribution is -2.23. The summed E-state index contributed by atoms with van der Waals surface area (Å²) in [5.74, 6) is 1.49. The molecule has 0 unspecified atom stereocenters. The molecule has 0 bridgehead atoms. The Morgan fingerprint density at radius 2 is 1.75 bits per heavy atom. The Morgan fingerprint density at radius 3 is 2.39 bits per heavy atom. The number of rotatable bonds is 12. The molecular formula is C22H36ClN3O2. The largest absolute Gasteiger partial charge is 0.493 e. The molecule has 158 valence electrons. The first-order chi connectivity index (χ1) is 13.2. The third-order valence-corrected chi connectivity index (χ3v) is 5.18. The molecule has 0 aliphatic rings. The smallest absolute Gasteiger partial charge is 0.170 e. The zero-order chi connectivity index (χ0) is 19.6. The van der Waals surface area contributed by atoms with Crippen LogP contribution < -0.4 is 14.8 Å². The second kappa shape index (κ2) is 12.7. The number of halogens is 1. The van der Waals surface area contributed by atoms with Gasteiger partial charge in [0.15, 0.2) is 11.5 Å². The number of aromatic nitrogens is 1. The second-order valence-electron chi connectivity index (χ2n) is 6.88. The Kier molecular flexibility index (Phi) is 11.0. The summed E-state index contributed by atoms with van der Waals surface area (Å²) in [5, 5.41) is 4.57. The predicted octanol–water partition coefficient (Wildman–Crippen LogP) is 5.30. The van der Waals surface area contributed by atoms with Crippen LogP contribution in [0.25, 0.3) is 10.9 Å². The summed E-state index contributed by atoms with van der Waals surface area (Å²) in [7, 11) is 3.35. The third-order valence-electron chi connectivity index (χ3n) is 5.18. The Morgan fingerprint density at radius 1 is 1.04 bits per heavy atom. The van der Waals surface area contributed by atoms with Crippen LogP contribution >= 0.6 is 12.4 Å². The van der Waals surface area contributed by atoms with Gasteiger partial charge < -0.3 is 19.7 Å². The molecule has 0 aliphatic carbocycles. The zero-order valence-corrected chi connectivity index (χ0v) is 18.8. The van der Waals surface area contributed by atoms with Crippen LogP contribution in [0.4, 0.5) is 5.69 Å². The van der Waals surface area contributed by atoms with Crippen LogP contribution in [0.3, 0.4) is 0 Å². The van der Waals surface area contributed by atoms with Gasteiger partial charge in [-0.15, -0.1) is 12.4 Å². The number of ether oxygens (including phenoxy) is 2. The van der Waals surface area contributed by atoms with Crippen LogP contribution in [0, 0.1) is 6.92 Å². The van der Waals surface area contributed by atoms with Crippen molar-refractivity contribution in [1.29, 1.82) is 0 Å². The number of fused-ring (bicyclic) bond motifs is 1. The van der Waals surface area contributed by atoms with Crippen molar-refractivity contribution >= 4 is 29.0 Å². The number of benzene rings is 1. The van der Waals surface area contributed by atoms with Gasteiger partial charge >= 0.3 is 0 Å². The van der Waals surface area contributed by atoms with Gasteiger partial charge in [-0.05, 0) is 51.0 Å².